The third-order valence-corrected chi connectivity index (χ3v) is 2.16. The second-order valence-electron chi connectivity index (χ2n) is 3.38. The number of nitrogens with two attached hydrogens (primary N) is 1. The topological polar surface area (TPSA) is 43.1 Å². The summed E-state index contributed by atoms with van der Waals surface area (Å²) in [5, 5.41) is 0. The highest BCUT2D eigenvalue weighted by Gasteiger charge is 2.11. The van der Waals surface area contributed by atoms with Gasteiger partial charge in [0.25, 0.3) is 0 Å². The average Bonchev–Trinajstić information content (AvgIpc) is 2.11. The lowest BCUT2D eigenvalue weighted by Gasteiger charge is -2.06. The van der Waals surface area contributed by atoms with Crippen LogP contribution in [-0.4, -0.2) is 12.3 Å². The van der Waals surface area contributed by atoms with E-state index >= 15 is 0 Å². The third-order valence-electron chi connectivity index (χ3n) is 2.16. The molecular formula is C11H14FNO. The number of hydrogen-bond donors (Lipinski definition) is 1. The van der Waals surface area contributed by atoms with E-state index in [1.165, 1.54) is 6.07 Å². The molecule has 0 aliphatic heterocycles. The van der Waals surface area contributed by atoms with Gasteiger partial charge in [-0.3, -0.25) is 4.79 Å². The molecule has 0 aromatic heterocycles. The van der Waals surface area contributed by atoms with Crippen molar-refractivity contribution in [1.29, 1.82) is 0 Å². The minimum absolute atomic E-state index is 0.0902. The lowest BCUT2D eigenvalue weighted by molar-refractivity contribution is 0.0984. The van der Waals surface area contributed by atoms with E-state index < -0.39 is 0 Å². The Kier molecular flexibility index (Phi) is 3.36. The predicted molar refractivity (Wildman–Crippen MR) is 53.9 cm³/mol. The number of carbonyl (C=O) groups is 1. The fourth-order valence-electron chi connectivity index (χ4n) is 1.37. The predicted octanol–water partition coefficient (Wildman–Crippen LogP) is 1.97. The highest BCUT2D eigenvalue weighted by molar-refractivity contribution is 5.97. The number of ketones is 1. The van der Waals surface area contributed by atoms with Crippen molar-refractivity contribution in [1.82, 2.24) is 0 Å². The van der Waals surface area contributed by atoms with Crippen LogP contribution in [0.25, 0.3) is 0 Å². The van der Waals surface area contributed by atoms with Crippen LogP contribution in [0.3, 0.4) is 0 Å². The molecule has 0 bridgehead atoms. The molecule has 14 heavy (non-hydrogen) atoms. The third kappa shape index (κ3) is 2.17. The molecule has 2 N–H and O–H groups in total. The summed E-state index contributed by atoms with van der Waals surface area (Å²) in [7, 11) is 0. The van der Waals surface area contributed by atoms with Crippen molar-refractivity contribution in [3.05, 3.63) is 34.6 Å². The van der Waals surface area contributed by atoms with Crippen molar-refractivity contribution in [2.24, 2.45) is 5.73 Å². The first-order valence-electron chi connectivity index (χ1n) is 4.56. The van der Waals surface area contributed by atoms with Crippen LogP contribution in [0.1, 0.15) is 27.9 Å². The molecule has 1 rings (SSSR count). The fraction of sp³-hybridized carbons (Fsp3) is 0.364. The van der Waals surface area contributed by atoms with Gasteiger partial charge in [0.05, 0.1) is 0 Å². The molecule has 1 aromatic rings. The summed E-state index contributed by atoms with van der Waals surface area (Å²) in [6.45, 7) is 3.67. The smallest absolute Gasteiger partial charge is 0.164 e. The Morgan fingerprint density at radius 3 is 2.64 bits per heavy atom. The SMILES string of the molecule is Cc1cc(F)c(C)c(C(=O)CCN)c1. The molecule has 0 aliphatic carbocycles. The molecule has 0 saturated carbocycles. The second-order valence-corrected chi connectivity index (χ2v) is 3.38. The summed E-state index contributed by atoms with van der Waals surface area (Å²) in [5.41, 5.74) is 6.90. The Morgan fingerprint density at radius 2 is 2.07 bits per heavy atom. The van der Waals surface area contributed by atoms with Gasteiger partial charge < -0.3 is 5.73 Å². The van der Waals surface area contributed by atoms with Gasteiger partial charge in [0, 0.05) is 12.0 Å². The zero-order valence-corrected chi connectivity index (χ0v) is 8.43. The molecule has 0 amide bonds. The normalized spacial score (nSPS) is 10.3. The average molecular weight is 195 g/mol. The van der Waals surface area contributed by atoms with Crippen LogP contribution in [0.15, 0.2) is 12.1 Å². The minimum atomic E-state index is -0.328. The summed E-state index contributed by atoms with van der Waals surface area (Å²) in [5.74, 6) is -0.419. The van der Waals surface area contributed by atoms with Crippen molar-refractivity contribution in [2.45, 2.75) is 20.3 Å². The van der Waals surface area contributed by atoms with Crippen LogP contribution in [0.2, 0.25) is 0 Å². The first-order chi connectivity index (χ1) is 6.56. The highest BCUT2D eigenvalue weighted by Crippen LogP contribution is 2.16. The van der Waals surface area contributed by atoms with Crippen LogP contribution < -0.4 is 5.73 Å². The van der Waals surface area contributed by atoms with Gasteiger partial charge in [0.1, 0.15) is 5.82 Å². The lowest BCUT2D eigenvalue weighted by atomic mass is 10.00. The van der Waals surface area contributed by atoms with Crippen LogP contribution in [-0.2, 0) is 0 Å². The summed E-state index contributed by atoms with van der Waals surface area (Å²) in [6, 6.07) is 3.13. The van der Waals surface area contributed by atoms with Gasteiger partial charge in [0.2, 0.25) is 0 Å². The van der Waals surface area contributed by atoms with Gasteiger partial charge in [-0.25, -0.2) is 4.39 Å². The van der Waals surface area contributed by atoms with Crippen LogP contribution in [0.5, 0.6) is 0 Å². The molecule has 3 heteroatoms. The summed E-state index contributed by atoms with van der Waals surface area (Å²) >= 11 is 0. The molecule has 0 spiro atoms. The molecule has 0 radical (unpaired) electrons. The Bertz CT molecular complexity index is 361. The maximum Gasteiger partial charge on any atom is 0.164 e. The number of carbonyl (C=O) groups excluding carboxylic acids is 1. The number of benzene rings is 1. The van der Waals surface area contributed by atoms with Gasteiger partial charge in [-0.2, -0.15) is 0 Å². The largest absolute Gasteiger partial charge is 0.330 e. The van der Waals surface area contributed by atoms with Crippen molar-refractivity contribution >= 4 is 5.78 Å². The van der Waals surface area contributed by atoms with Crippen LogP contribution >= 0.6 is 0 Å². The number of hydrogen-bond acceptors (Lipinski definition) is 2. The van der Waals surface area contributed by atoms with Gasteiger partial charge in [0.15, 0.2) is 5.78 Å². The second kappa shape index (κ2) is 4.33. The standard InChI is InChI=1S/C11H14FNO/c1-7-5-9(11(14)3-4-13)8(2)10(12)6-7/h5-6H,3-4,13H2,1-2H3. The van der Waals surface area contributed by atoms with Crippen molar-refractivity contribution in [3.8, 4) is 0 Å². The first kappa shape index (κ1) is 10.9. The maximum absolute atomic E-state index is 13.3. The van der Waals surface area contributed by atoms with E-state index in [2.05, 4.69) is 0 Å². The van der Waals surface area contributed by atoms with Crippen LogP contribution in [0, 0.1) is 19.7 Å². The van der Waals surface area contributed by atoms with Gasteiger partial charge in [-0.05, 0) is 43.7 Å². The number of Topliss-reactive ketones (excluding diaryl/α,β-unsaturated/α-hetero) is 1. The zero-order valence-electron chi connectivity index (χ0n) is 8.43. The Morgan fingerprint density at radius 1 is 1.43 bits per heavy atom. The molecule has 0 heterocycles. The number of rotatable bonds is 3. The number of halogens is 1. The Balaban J connectivity index is 3.13. The molecule has 0 unspecified atom stereocenters. The molecule has 0 saturated heterocycles. The summed E-state index contributed by atoms with van der Waals surface area (Å²) < 4.78 is 13.3. The molecule has 1 aromatic carbocycles. The van der Waals surface area contributed by atoms with Crippen molar-refractivity contribution in [3.63, 3.8) is 0 Å². The highest BCUT2D eigenvalue weighted by atomic mass is 19.1. The van der Waals surface area contributed by atoms with Crippen molar-refractivity contribution < 1.29 is 9.18 Å². The Hall–Kier alpha value is -1.22. The van der Waals surface area contributed by atoms with Gasteiger partial charge in [-0.1, -0.05) is 0 Å². The van der Waals surface area contributed by atoms with E-state index in [1.807, 2.05) is 0 Å². The maximum atomic E-state index is 13.3. The molecule has 2 nitrogen and oxygen atoms in total. The zero-order chi connectivity index (χ0) is 10.7. The fourth-order valence-corrected chi connectivity index (χ4v) is 1.37. The minimum Gasteiger partial charge on any atom is -0.330 e. The van der Waals surface area contributed by atoms with E-state index in [0.29, 0.717) is 17.7 Å². The van der Waals surface area contributed by atoms with E-state index in [0.717, 1.165) is 5.56 Å². The molecule has 0 fully saturated rings. The number of aryl methyl sites for hydroxylation is 1. The first-order valence-corrected chi connectivity index (χ1v) is 4.56. The van der Waals surface area contributed by atoms with E-state index in [1.54, 1.807) is 19.9 Å². The van der Waals surface area contributed by atoms with Gasteiger partial charge in [-0.15, -0.1) is 0 Å². The summed E-state index contributed by atoms with van der Waals surface area (Å²) in [4.78, 5) is 11.5. The Labute approximate surface area is 82.9 Å². The molecular weight excluding hydrogens is 181 g/mol. The molecule has 0 atom stereocenters. The van der Waals surface area contributed by atoms with E-state index in [-0.39, 0.29) is 18.0 Å². The van der Waals surface area contributed by atoms with Crippen LogP contribution in [0.4, 0.5) is 4.39 Å². The quantitative estimate of drug-likeness (QED) is 0.749. The van der Waals surface area contributed by atoms with Crippen molar-refractivity contribution in [2.75, 3.05) is 6.54 Å². The molecule has 76 valence electrons. The molecule has 0 aliphatic rings. The summed E-state index contributed by atoms with van der Waals surface area (Å²) in [6.07, 6.45) is 0.268. The lowest BCUT2D eigenvalue weighted by Crippen LogP contribution is -2.10. The van der Waals surface area contributed by atoms with E-state index in [9.17, 15) is 9.18 Å². The monoisotopic (exact) mass is 195 g/mol. The van der Waals surface area contributed by atoms with Gasteiger partial charge >= 0.3 is 0 Å². The van der Waals surface area contributed by atoms with E-state index in [4.69, 9.17) is 5.73 Å².